The van der Waals surface area contributed by atoms with E-state index in [2.05, 4.69) is 6.07 Å². The maximum absolute atomic E-state index is 12.5. The number of aliphatic hydroxyl groups is 1. The number of carbonyl (C=O) groups excluding carboxylic acids is 1. The summed E-state index contributed by atoms with van der Waals surface area (Å²) in [6, 6.07) is 7.30. The van der Waals surface area contributed by atoms with E-state index in [9.17, 15) is 10.1 Å². The van der Waals surface area contributed by atoms with Crippen LogP contribution in [0.3, 0.4) is 0 Å². The maximum Gasteiger partial charge on any atom is 0.223 e. The number of nitriles is 1. The van der Waals surface area contributed by atoms with Crippen LogP contribution in [0.15, 0.2) is 18.2 Å². The minimum atomic E-state index is -0.605. The first-order valence-corrected chi connectivity index (χ1v) is 9.73. The van der Waals surface area contributed by atoms with E-state index in [0.717, 1.165) is 31.2 Å². The van der Waals surface area contributed by atoms with Crippen LogP contribution < -0.4 is 4.74 Å². The van der Waals surface area contributed by atoms with Crippen LogP contribution in [0.2, 0.25) is 0 Å². The average Bonchev–Trinajstić information content (AvgIpc) is 3.06. The molecule has 2 heterocycles. The van der Waals surface area contributed by atoms with E-state index in [1.54, 1.807) is 6.07 Å². The van der Waals surface area contributed by atoms with Gasteiger partial charge in [0.05, 0.1) is 17.7 Å². The number of fused-ring (bicyclic) bond motifs is 1. The zero-order valence-corrected chi connectivity index (χ0v) is 16.1. The predicted molar refractivity (Wildman–Crippen MR) is 100 cm³/mol. The number of hydrogen-bond acceptors (Lipinski definition) is 5. The summed E-state index contributed by atoms with van der Waals surface area (Å²) in [5, 5.41) is 18.3. The lowest BCUT2D eigenvalue weighted by molar-refractivity contribution is -0.148. The largest absolute Gasteiger partial charge is 0.485 e. The lowest BCUT2D eigenvalue weighted by Crippen LogP contribution is -2.55. The van der Waals surface area contributed by atoms with Gasteiger partial charge in [0.1, 0.15) is 17.5 Å². The topological polar surface area (TPSA) is 82.8 Å². The van der Waals surface area contributed by atoms with Crippen molar-refractivity contribution in [3.8, 4) is 11.8 Å². The molecule has 0 aromatic heterocycles. The van der Waals surface area contributed by atoms with E-state index >= 15 is 0 Å². The second-order valence-corrected chi connectivity index (χ2v) is 7.78. The number of unbranched alkanes of at least 4 members (excludes halogenated alkanes) is 2. The summed E-state index contributed by atoms with van der Waals surface area (Å²) in [5.41, 5.74) is 0.797. The Morgan fingerprint density at radius 1 is 1.37 bits per heavy atom. The molecule has 2 aliphatic heterocycles. The van der Waals surface area contributed by atoms with Crippen molar-refractivity contribution in [2.75, 3.05) is 19.8 Å². The predicted octanol–water partition coefficient (Wildman–Crippen LogP) is 2.94. The Bertz CT molecular complexity index is 725. The van der Waals surface area contributed by atoms with Crippen LogP contribution in [-0.4, -0.2) is 47.4 Å². The van der Waals surface area contributed by atoms with Crippen molar-refractivity contribution in [3.05, 3.63) is 29.3 Å². The van der Waals surface area contributed by atoms with Crippen molar-refractivity contribution in [2.24, 2.45) is 0 Å². The Kier molecular flexibility index (Phi) is 6.03. The van der Waals surface area contributed by atoms with Crippen molar-refractivity contribution in [1.82, 2.24) is 4.90 Å². The molecule has 2 aliphatic rings. The quantitative estimate of drug-likeness (QED) is 0.744. The van der Waals surface area contributed by atoms with Crippen molar-refractivity contribution in [3.63, 3.8) is 0 Å². The first-order valence-electron chi connectivity index (χ1n) is 9.73. The number of nitrogens with zero attached hydrogens (tertiary/aromatic N) is 2. The van der Waals surface area contributed by atoms with Gasteiger partial charge >= 0.3 is 0 Å². The molecule has 0 radical (unpaired) electrons. The standard InChI is InChI=1S/C21H28N2O4/c1-21(2)20(26-12-5-3-4-11-24)19(23-10-6-7-18(23)25)16-13-15(14-22)8-9-17(16)27-21/h8-9,13,19-20,24H,3-7,10-12H2,1-2H3/t19-,20+/m1/s1. The van der Waals surface area contributed by atoms with Crippen molar-refractivity contribution in [2.45, 2.75) is 63.7 Å². The molecule has 0 spiro atoms. The second-order valence-electron chi connectivity index (χ2n) is 7.78. The monoisotopic (exact) mass is 372 g/mol. The van der Waals surface area contributed by atoms with Gasteiger partial charge in [-0.2, -0.15) is 5.26 Å². The molecule has 1 aromatic carbocycles. The van der Waals surface area contributed by atoms with Crippen LogP contribution in [0, 0.1) is 11.3 Å². The molecule has 6 heteroatoms. The fourth-order valence-corrected chi connectivity index (χ4v) is 4.01. The number of hydrogen-bond donors (Lipinski definition) is 1. The number of amides is 1. The molecule has 3 rings (SSSR count). The summed E-state index contributed by atoms with van der Waals surface area (Å²) >= 11 is 0. The summed E-state index contributed by atoms with van der Waals surface area (Å²) in [6.07, 6.45) is 3.57. The normalized spacial score (nSPS) is 23.6. The van der Waals surface area contributed by atoms with E-state index in [1.165, 1.54) is 0 Å². The van der Waals surface area contributed by atoms with Gasteiger partial charge in [0.25, 0.3) is 0 Å². The summed E-state index contributed by atoms with van der Waals surface area (Å²) in [4.78, 5) is 14.4. The van der Waals surface area contributed by atoms with Gasteiger partial charge in [-0.25, -0.2) is 0 Å². The van der Waals surface area contributed by atoms with Crippen molar-refractivity contribution < 1.29 is 19.4 Å². The van der Waals surface area contributed by atoms with E-state index < -0.39 is 5.60 Å². The number of rotatable bonds is 7. The molecule has 0 aliphatic carbocycles. The van der Waals surface area contributed by atoms with Crippen LogP contribution in [-0.2, 0) is 9.53 Å². The molecule has 0 saturated carbocycles. The smallest absolute Gasteiger partial charge is 0.223 e. The Balaban J connectivity index is 1.92. The third kappa shape index (κ3) is 4.10. The van der Waals surface area contributed by atoms with E-state index in [1.807, 2.05) is 30.9 Å². The third-order valence-electron chi connectivity index (χ3n) is 5.35. The Labute approximate surface area is 160 Å². The third-order valence-corrected chi connectivity index (χ3v) is 5.35. The SMILES string of the molecule is CC1(C)Oc2ccc(C#N)cc2[C@@H](N2CCCC2=O)[C@@H]1OCCCCCO. The zero-order chi connectivity index (χ0) is 19.4. The molecular weight excluding hydrogens is 344 g/mol. The van der Waals surface area contributed by atoms with Crippen LogP contribution in [0.25, 0.3) is 0 Å². The second kappa shape index (κ2) is 8.28. The highest BCUT2D eigenvalue weighted by Gasteiger charge is 2.49. The summed E-state index contributed by atoms with van der Waals surface area (Å²) in [6.45, 7) is 5.40. The maximum atomic E-state index is 12.5. The Morgan fingerprint density at radius 2 is 2.19 bits per heavy atom. The fourth-order valence-electron chi connectivity index (χ4n) is 4.01. The van der Waals surface area contributed by atoms with Gasteiger partial charge in [-0.15, -0.1) is 0 Å². The average molecular weight is 372 g/mol. The number of likely N-dealkylation sites (tertiary alicyclic amines) is 1. The fraction of sp³-hybridized carbons (Fsp3) is 0.619. The van der Waals surface area contributed by atoms with Crippen molar-refractivity contribution in [1.29, 1.82) is 5.26 Å². The Morgan fingerprint density at radius 3 is 2.85 bits per heavy atom. The van der Waals surface area contributed by atoms with E-state index in [4.69, 9.17) is 14.6 Å². The van der Waals surface area contributed by atoms with Gasteiger partial charge in [0, 0.05) is 31.7 Å². The molecule has 1 N–H and O–H groups in total. The summed E-state index contributed by atoms with van der Waals surface area (Å²) in [5.74, 6) is 0.837. The summed E-state index contributed by atoms with van der Waals surface area (Å²) in [7, 11) is 0. The first kappa shape index (κ1) is 19.7. The first-order chi connectivity index (χ1) is 13.0. The highest BCUT2D eigenvalue weighted by molar-refractivity contribution is 5.79. The van der Waals surface area contributed by atoms with Gasteiger partial charge in [0.2, 0.25) is 5.91 Å². The van der Waals surface area contributed by atoms with Gasteiger partial charge < -0.3 is 19.5 Å². The van der Waals surface area contributed by atoms with Gasteiger partial charge in [-0.3, -0.25) is 4.79 Å². The van der Waals surface area contributed by atoms with Crippen LogP contribution in [0.1, 0.15) is 63.1 Å². The molecule has 0 unspecified atom stereocenters. The lowest BCUT2D eigenvalue weighted by Gasteiger charge is -2.47. The Hall–Kier alpha value is -2.10. The minimum Gasteiger partial charge on any atom is -0.485 e. The number of benzene rings is 1. The minimum absolute atomic E-state index is 0.125. The molecule has 2 atom stereocenters. The van der Waals surface area contributed by atoms with E-state index in [0.29, 0.717) is 30.9 Å². The highest BCUT2D eigenvalue weighted by Crippen LogP contribution is 2.45. The molecule has 0 bridgehead atoms. The molecule has 1 fully saturated rings. The van der Waals surface area contributed by atoms with Crippen LogP contribution in [0.5, 0.6) is 5.75 Å². The molecule has 1 aromatic rings. The zero-order valence-electron chi connectivity index (χ0n) is 16.1. The molecule has 6 nitrogen and oxygen atoms in total. The van der Waals surface area contributed by atoms with Gasteiger partial charge in [0.15, 0.2) is 0 Å². The number of carbonyl (C=O) groups is 1. The number of aliphatic hydroxyl groups excluding tert-OH is 1. The number of ether oxygens (including phenoxy) is 2. The van der Waals surface area contributed by atoms with Gasteiger partial charge in [-0.05, 0) is 57.7 Å². The molecule has 1 saturated heterocycles. The molecule has 27 heavy (non-hydrogen) atoms. The van der Waals surface area contributed by atoms with Crippen molar-refractivity contribution >= 4 is 5.91 Å². The molecule has 146 valence electrons. The van der Waals surface area contributed by atoms with Gasteiger partial charge in [-0.1, -0.05) is 0 Å². The lowest BCUT2D eigenvalue weighted by atomic mass is 9.84. The van der Waals surface area contributed by atoms with Crippen LogP contribution in [0.4, 0.5) is 0 Å². The van der Waals surface area contributed by atoms with Crippen LogP contribution >= 0.6 is 0 Å². The molecular formula is C21H28N2O4. The summed E-state index contributed by atoms with van der Waals surface area (Å²) < 4.78 is 12.5. The molecule has 1 amide bonds. The van der Waals surface area contributed by atoms with E-state index in [-0.39, 0.29) is 24.7 Å². The highest BCUT2D eigenvalue weighted by atomic mass is 16.6.